The summed E-state index contributed by atoms with van der Waals surface area (Å²) in [4.78, 5) is 11.5. The molecule has 1 aromatic rings. The Morgan fingerprint density at radius 2 is 1.89 bits per heavy atom. The van der Waals surface area contributed by atoms with Gasteiger partial charge in [-0.2, -0.15) is 0 Å². The third-order valence-electron chi connectivity index (χ3n) is 3.27. The van der Waals surface area contributed by atoms with E-state index in [1.54, 1.807) is 19.2 Å². The first-order valence-electron chi connectivity index (χ1n) is 5.76. The molecule has 1 aliphatic carbocycles. The van der Waals surface area contributed by atoms with Crippen LogP contribution >= 0.6 is 0 Å². The molecule has 0 bridgehead atoms. The van der Waals surface area contributed by atoms with E-state index in [9.17, 15) is 4.79 Å². The van der Waals surface area contributed by atoms with Gasteiger partial charge in [0, 0.05) is 19.2 Å². The summed E-state index contributed by atoms with van der Waals surface area (Å²) in [5, 5.41) is 1.13. The van der Waals surface area contributed by atoms with Gasteiger partial charge in [-0.1, -0.05) is 0 Å². The molecule has 0 saturated carbocycles. The molecule has 0 atom stereocenters. The molecule has 1 aliphatic heterocycles. The number of hydrogen-bond acceptors (Lipinski definition) is 2. The second-order valence-electron chi connectivity index (χ2n) is 4.35. The number of aryl methyl sites for hydroxylation is 1. The van der Waals surface area contributed by atoms with Crippen molar-refractivity contribution in [3.05, 3.63) is 52.7 Å². The summed E-state index contributed by atoms with van der Waals surface area (Å²) in [6.45, 7) is 0. The average Bonchev–Trinajstić information content (AvgIpc) is 2.40. The Hall–Kier alpha value is -2.29. The quantitative estimate of drug-likeness (QED) is 0.611. The van der Waals surface area contributed by atoms with Crippen molar-refractivity contribution in [1.29, 1.82) is 0 Å². The minimum atomic E-state index is 0.0281. The summed E-state index contributed by atoms with van der Waals surface area (Å²) in [5.41, 5.74) is 3.07. The predicted octanol–water partition coefficient (Wildman–Crippen LogP) is 2.65. The summed E-state index contributed by atoms with van der Waals surface area (Å²) >= 11 is 0. The normalized spacial score (nSPS) is 11.0. The lowest BCUT2D eigenvalue weighted by Crippen LogP contribution is -2.05. The molecule has 0 aromatic heterocycles. The van der Waals surface area contributed by atoms with Gasteiger partial charge in [-0.05, 0) is 41.3 Å². The summed E-state index contributed by atoms with van der Waals surface area (Å²) in [6.07, 6.45) is 0. The Morgan fingerprint density at radius 1 is 1.06 bits per heavy atom. The van der Waals surface area contributed by atoms with Gasteiger partial charge >= 0.3 is 0 Å². The molecule has 0 amide bonds. The lowest BCUT2D eigenvalue weighted by Gasteiger charge is -2.15. The Kier molecular flexibility index (Phi) is 2.33. The second-order valence-corrected chi connectivity index (χ2v) is 4.35. The van der Waals surface area contributed by atoms with E-state index in [-0.39, 0.29) is 5.43 Å². The van der Waals surface area contributed by atoms with Crippen LogP contribution in [0, 0.1) is 0 Å². The number of nitrogens with zero attached hydrogens (tertiary/aromatic N) is 1. The van der Waals surface area contributed by atoms with Crippen LogP contribution < -0.4 is 10.2 Å². The number of rotatable bonds is 1. The highest BCUT2D eigenvalue weighted by atomic mass is 16.5. The maximum Gasteiger partial charge on any atom is 0.180 e. The first-order valence-corrected chi connectivity index (χ1v) is 5.76. The minimum absolute atomic E-state index is 0.0281. The number of fused-ring (bicyclic) bond motifs is 2. The van der Waals surface area contributed by atoms with E-state index >= 15 is 0 Å². The van der Waals surface area contributed by atoms with E-state index in [1.165, 1.54) is 0 Å². The van der Waals surface area contributed by atoms with E-state index < -0.39 is 0 Å². The maximum absolute atomic E-state index is 11.5. The van der Waals surface area contributed by atoms with E-state index in [2.05, 4.69) is 6.07 Å². The Bertz CT molecular complexity index is 758. The van der Waals surface area contributed by atoms with Crippen LogP contribution in [0.25, 0.3) is 22.2 Å². The molecular weight excluding hydrogens is 226 g/mol. The third kappa shape index (κ3) is 1.56. The lowest BCUT2D eigenvalue weighted by molar-refractivity contribution is 0.415. The minimum Gasteiger partial charge on any atom is -0.497 e. The summed E-state index contributed by atoms with van der Waals surface area (Å²) in [5.74, 6) is 0.815. The first kappa shape index (κ1) is 10.8. The molecule has 1 aromatic carbocycles. The monoisotopic (exact) mass is 239 g/mol. The fourth-order valence-corrected chi connectivity index (χ4v) is 2.30. The van der Waals surface area contributed by atoms with Crippen LogP contribution in [0.3, 0.4) is 0 Å². The van der Waals surface area contributed by atoms with Crippen molar-refractivity contribution in [1.82, 2.24) is 4.57 Å². The molecule has 2 aliphatic rings. The van der Waals surface area contributed by atoms with Crippen LogP contribution in [0.4, 0.5) is 0 Å². The van der Waals surface area contributed by atoms with Crippen molar-refractivity contribution in [2.75, 3.05) is 7.11 Å². The SMILES string of the molecule is COc1ccc2cc3ccc(=O)cc-3n(C)c2c1. The topological polar surface area (TPSA) is 31.2 Å². The standard InChI is InChI=1S/C15H13NO2/c1-16-14-8-12(17)5-3-10(14)7-11-4-6-13(18-2)9-15(11)16/h3-9H,1-2H3. The Balaban J connectivity index is 2.46. The fourth-order valence-electron chi connectivity index (χ4n) is 2.30. The largest absolute Gasteiger partial charge is 0.497 e. The predicted molar refractivity (Wildman–Crippen MR) is 72.4 cm³/mol. The number of hydrogen-bond donors (Lipinski definition) is 0. The van der Waals surface area contributed by atoms with Gasteiger partial charge in [0.1, 0.15) is 5.75 Å². The summed E-state index contributed by atoms with van der Waals surface area (Å²) in [6, 6.07) is 13.2. The molecule has 0 saturated heterocycles. The highest BCUT2D eigenvalue weighted by Gasteiger charge is 2.09. The molecule has 3 rings (SSSR count). The molecule has 3 nitrogen and oxygen atoms in total. The molecule has 18 heavy (non-hydrogen) atoms. The van der Waals surface area contributed by atoms with E-state index in [0.29, 0.717) is 0 Å². The number of benzene rings is 2. The molecule has 1 heterocycles. The van der Waals surface area contributed by atoms with Crippen molar-refractivity contribution in [2.45, 2.75) is 0 Å². The van der Waals surface area contributed by atoms with Crippen molar-refractivity contribution < 1.29 is 4.74 Å². The molecule has 0 radical (unpaired) electrons. The second kappa shape index (κ2) is 3.88. The van der Waals surface area contributed by atoms with Crippen LogP contribution in [-0.4, -0.2) is 11.7 Å². The number of methoxy groups -OCH3 is 1. The highest BCUT2D eigenvalue weighted by molar-refractivity contribution is 5.87. The van der Waals surface area contributed by atoms with Crippen molar-refractivity contribution >= 4 is 10.9 Å². The van der Waals surface area contributed by atoms with E-state index in [1.807, 2.05) is 35.9 Å². The number of pyridine rings is 1. The van der Waals surface area contributed by atoms with E-state index in [0.717, 1.165) is 27.9 Å². The van der Waals surface area contributed by atoms with Gasteiger partial charge in [0.2, 0.25) is 0 Å². The van der Waals surface area contributed by atoms with Gasteiger partial charge < -0.3 is 9.30 Å². The zero-order chi connectivity index (χ0) is 12.7. The third-order valence-corrected chi connectivity index (χ3v) is 3.27. The number of aromatic nitrogens is 1. The van der Waals surface area contributed by atoms with Gasteiger partial charge in [-0.3, -0.25) is 4.79 Å². The maximum atomic E-state index is 11.5. The molecule has 0 N–H and O–H groups in total. The van der Waals surface area contributed by atoms with Crippen LogP contribution in [0.1, 0.15) is 0 Å². The van der Waals surface area contributed by atoms with Crippen LogP contribution in [0.5, 0.6) is 5.75 Å². The molecule has 0 spiro atoms. The molecule has 3 heteroatoms. The van der Waals surface area contributed by atoms with Gasteiger partial charge in [0.15, 0.2) is 5.43 Å². The van der Waals surface area contributed by atoms with Crippen molar-refractivity contribution in [3.8, 4) is 17.0 Å². The summed E-state index contributed by atoms with van der Waals surface area (Å²) < 4.78 is 7.26. The molecule has 0 unspecified atom stereocenters. The van der Waals surface area contributed by atoms with Crippen LogP contribution in [0.15, 0.2) is 47.3 Å². The fraction of sp³-hybridized carbons (Fsp3) is 0.133. The van der Waals surface area contributed by atoms with E-state index in [4.69, 9.17) is 4.74 Å². The van der Waals surface area contributed by atoms with Gasteiger partial charge in [0.05, 0.1) is 18.3 Å². The zero-order valence-corrected chi connectivity index (χ0v) is 10.3. The number of ether oxygens (including phenoxy) is 1. The lowest BCUT2D eigenvalue weighted by atomic mass is 10.1. The Morgan fingerprint density at radius 3 is 2.67 bits per heavy atom. The van der Waals surface area contributed by atoms with Crippen molar-refractivity contribution in [3.63, 3.8) is 0 Å². The molecular formula is C15H13NO2. The van der Waals surface area contributed by atoms with Gasteiger partial charge in [0.25, 0.3) is 0 Å². The highest BCUT2D eigenvalue weighted by Crippen LogP contribution is 2.28. The summed E-state index contributed by atoms with van der Waals surface area (Å²) in [7, 11) is 3.61. The molecule has 90 valence electrons. The van der Waals surface area contributed by atoms with Crippen LogP contribution in [-0.2, 0) is 7.05 Å². The van der Waals surface area contributed by atoms with Gasteiger partial charge in [-0.25, -0.2) is 0 Å². The smallest absolute Gasteiger partial charge is 0.180 e. The Labute approximate surface area is 105 Å². The first-order chi connectivity index (χ1) is 8.69. The zero-order valence-electron chi connectivity index (χ0n) is 10.3. The molecule has 0 fully saturated rings. The van der Waals surface area contributed by atoms with Crippen LogP contribution in [0.2, 0.25) is 0 Å². The van der Waals surface area contributed by atoms with Gasteiger partial charge in [-0.15, -0.1) is 0 Å². The van der Waals surface area contributed by atoms with Crippen molar-refractivity contribution in [2.24, 2.45) is 7.05 Å². The average molecular weight is 239 g/mol.